The number of ether oxygens (including phenoxy) is 4. The molecule has 1 aromatic rings. The molecule has 11 heteroatoms. The Morgan fingerprint density at radius 2 is 1.87 bits per heavy atom. The molecule has 1 saturated heterocycles. The van der Waals surface area contributed by atoms with Gasteiger partial charge in [0.2, 0.25) is 0 Å². The molecule has 2 aliphatic heterocycles. The summed E-state index contributed by atoms with van der Waals surface area (Å²) in [6, 6.07) is 6.34. The first-order valence-electron chi connectivity index (χ1n) is 9.21. The highest BCUT2D eigenvalue weighted by atomic mass is 32.2. The van der Waals surface area contributed by atoms with Gasteiger partial charge in [-0.05, 0) is 17.7 Å². The van der Waals surface area contributed by atoms with Crippen molar-refractivity contribution in [2.45, 2.75) is 25.0 Å². The summed E-state index contributed by atoms with van der Waals surface area (Å²) >= 11 is 0. The predicted octanol–water partition coefficient (Wildman–Crippen LogP) is 0.279. The molecule has 2 unspecified atom stereocenters. The summed E-state index contributed by atoms with van der Waals surface area (Å²) in [5.41, 5.74) is 0.938. The lowest BCUT2D eigenvalue weighted by atomic mass is 10.1. The molecule has 1 fully saturated rings. The number of hydrogen-bond donors (Lipinski definition) is 0. The van der Waals surface area contributed by atoms with Crippen molar-refractivity contribution in [1.29, 1.82) is 0 Å². The van der Waals surface area contributed by atoms with E-state index in [1.165, 1.54) is 27.2 Å². The Morgan fingerprint density at radius 1 is 1.13 bits per heavy atom. The summed E-state index contributed by atoms with van der Waals surface area (Å²) in [6.45, 7) is 0.722. The minimum Gasteiger partial charge on any atom is -0.465 e. The van der Waals surface area contributed by atoms with Crippen molar-refractivity contribution in [3.63, 3.8) is 0 Å². The van der Waals surface area contributed by atoms with Crippen molar-refractivity contribution in [3.05, 3.63) is 46.7 Å². The maximum absolute atomic E-state index is 12.9. The lowest BCUT2D eigenvalue weighted by Gasteiger charge is -2.48. The number of methoxy groups -OCH3 is 2. The van der Waals surface area contributed by atoms with E-state index in [1.807, 2.05) is 0 Å². The Balaban J connectivity index is 1.83. The van der Waals surface area contributed by atoms with E-state index in [0.717, 1.165) is 4.90 Å². The molecular weight excluding hydrogens is 430 g/mol. The molecule has 31 heavy (non-hydrogen) atoms. The number of β-lactam (4-membered cyclic amide) rings is 1. The standard InChI is InChI=1S/C20H21NO9S/c1-11(22)29-9-14-10-31(26)18-16(27-2)17(23)21(18)15(14)20(25)30-8-12-5-4-6-13(7-12)19(24)28-3/h4-7,16,18H,8-10H2,1-3H3/t16-,18?,31?/m0/s1. The number of nitrogens with zero attached hydrogens (tertiary/aromatic N) is 1. The fraction of sp³-hybridized carbons (Fsp3) is 0.400. The Bertz CT molecular complexity index is 987. The zero-order valence-electron chi connectivity index (χ0n) is 17.1. The van der Waals surface area contributed by atoms with Crippen LogP contribution in [0.15, 0.2) is 35.5 Å². The van der Waals surface area contributed by atoms with Crippen LogP contribution in [0.2, 0.25) is 0 Å². The third kappa shape index (κ3) is 4.52. The van der Waals surface area contributed by atoms with Gasteiger partial charge in [-0.2, -0.15) is 0 Å². The maximum atomic E-state index is 12.9. The number of benzene rings is 1. The van der Waals surface area contributed by atoms with Crippen LogP contribution in [0.25, 0.3) is 0 Å². The van der Waals surface area contributed by atoms with Crippen molar-refractivity contribution < 1.29 is 42.3 Å². The van der Waals surface area contributed by atoms with Gasteiger partial charge in [0.05, 0.1) is 29.2 Å². The van der Waals surface area contributed by atoms with Gasteiger partial charge in [0.15, 0.2) is 6.10 Å². The number of rotatable bonds is 7. The Kier molecular flexibility index (Phi) is 6.86. The molecular formula is C20H21NO9S. The van der Waals surface area contributed by atoms with Crippen molar-refractivity contribution >= 4 is 34.6 Å². The molecule has 0 radical (unpaired) electrons. The summed E-state index contributed by atoms with van der Waals surface area (Å²) in [7, 11) is 1.04. The van der Waals surface area contributed by atoms with E-state index < -0.39 is 46.1 Å². The molecule has 0 saturated carbocycles. The molecule has 0 spiro atoms. The number of carbonyl (C=O) groups is 4. The second kappa shape index (κ2) is 9.40. The molecule has 10 nitrogen and oxygen atoms in total. The number of amides is 1. The average Bonchev–Trinajstić information content (AvgIpc) is 2.75. The van der Waals surface area contributed by atoms with Crippen LogP contribution in [0.4, 0.5) is 0 Å². The Hall–Kier alpha value is -3.05. The summed E-state index contributed by atoms with van der Waals surface area (Å²) in [4.78, 5) is 49.3. The maximum Gasteiger partial charge on any atom is 0.355 e. The molecule has 1 amide bonds. The van der Waals surface area contributed by atoms with E-state index in [0.29, 0.717) is 11.1 Å². The Morgan fingerprint density at radius 3 is 2.52 bits per heavy atom. The van der Waals surface area contributed by atoms with E-state index in [-0.39, 0.29) is 30.2 Å². The smallest absolute Gasteiger partial charge is 0.355 e. The lowest BCUT2D eigenvalue weighted by molar-refractivity contribution is -0.164. The zero-order valence-corrected chi connectivity index (χ0v) is 17.9. The van der Waals surface area contributed by atoms with Crippen LogP contribution in [-0.4, -0.2) is 71.0 Å². The van der Waals surface area contributed by atoms with Gasteiger partial charge in [-0.3, -0.25) is 18.7 Å². The first-order valence-corrected chi connectivity index (χ1v) is 10.6. The summed E-state index contributed by atoms with van der Waals surface area (Å²) < 4.78 is 32.6. The molecule has 166 valence electrons. The van der Waals surface area contributed by atoms with Gasteiger partial charge < -0.3 is 18.9 Å². The quantitative estimate of drug-likeness (QED) is 0.326. The molecule has 1 aromatic carbocycles. The molecule has 2 aliphatic rings. The summed E-state index contributed by atoms with van der Waals surface area (Å²) in [6.07, 6.45) is -0.921. The van der Waals surface area contributed by atoms with Crippen molar-refractivity contribution in [1.82, 2.24) is 4.90 Å². The second-order valence-electron chi connectivity index (χ2n) is 6.78. The topological polar surface area (TPSA) is 126 Å². The number of hydrogen-bond acceptors (Lipinski definition) is 9. The van der Waals surface area contributed by atoms with E-state index >= 15 is 0 Å². The van der Waals surface area contributed by atoms with Gasteiger partial charge in [-0.25, -0.2) is 9.59 Å². The fourth-order valence-electron chi connectivity index (χ4n) is 3.31. The van der Waals surface area contributed by atoms with Gasteiger partial charge in [-0.1, -0.05) is 12.1 Å². The second-order valence-corrected chi connectivity index (χ2v) is 8.31. The van der Waals surface area contributed by atoms with Crippen molar-refractivity contribution in [2.24, 2.45) is 0 Å². The summed E-state index contributed by atoms with van der Waals surface area (Å²) in [5, 5.41) is -0.816. The normalized spacial score (nSPS) is 22.4. The van der Waals surface area contributed by atoms with Gasteiger partial charge in [0, 0.05) is 19.6 Å². The van der Waals surface area contributed by atoms with Gasteiger partial charge >= 0.3 is 17.9 Å². The zero-order chi connectivity index (χ0) is 22.7. The molecule has 0 N–H and O–H groups in total. The fourth-order valence-corrected chi connectivity index (χ4v) is 4.99. The number of esters is 3. The molecule has 3 atom stereocenters. The van der Waals surface area contributed by atoms with Crippen LogP contribution in [0.1, 0.15) is 22.8 Å². The van der Waals surface area contributed by atoms with Crippen molar-refractivity contribution in [2.75, 3.05) is 26.6 Å². The van der Waals surface area contributed by atoms with Gasteiger partial charge in [0.1, 0.15) is 24.3 Å². The highest BCUT2D eigenvalue weighted by Crippen LogP contribution is 2.36. The van der Waals surface area contributed by atoms with Crippen LogP contribution in [0, 0.1) is 0 Å². The van der Waals surface area contributed by atoms with Gasteiger partial charge in [-0.15, -0.1) is 0 Å². The molecule has 2 heterocycles. The average molecular weight is 451 g/mol. The number of carbonyl (C=O) groups excluding carboxylic acids is 4. The van der Waals surface area contributed by atoms with Crippen LogP contribution in [0.5, 0.6) is 0 Å². The molecule has 0 aromatic heterocycles. The molecule has 0 bridgehead atoms. The molecule has 3 rings (SSSR count). The highest BCUT2D eigenvalue weighted by molar-refractivity contribution is 7.86. The number of fused-ring (bicyclic) bond motifs is 1. The van der Waals surface area contributed by atoms with Crippen LogP contribution in [-0.2, 0) is 50.7 Å². The Labute approximate surface area is 180 Å². The van der Waals surface area contributed by atoms with Crippen molar-refractivity contribution in [3.8, 4) is 0 Å². The van der Waals surface area contributed by atoms with E-state index in [9.17, 15) is 23.4 Å². The monoisotopic (exact) mass is 451 g/mol. The van der Waals surface area contributed by atoms with E-state index in [1.54, 1.807) is 18.2 Å². The van der Waals surface area contributed by atoms with Crippen LogP contribution < -0.4 is 0 Å². The van der Waals surface area contributed by atoms with E-state index in [4.69, 9.17) is 14.2 Å². The minimum atomic E-state index is -1.54. The SMILES string of the molecule is COC(=O)c1cccc(COC(=O)C2=C(COC(C)=O)CS(=O)C3[C@@H](OC)C(=O)N23)c1. The van der Waals surface area contributed by atoms with E-state index in [2.05, 4.69) is 4.74 Å². The van der Waals surface area contributed by atoms with Crippen LogP contribution in [0.3, 0.4) is 0 Å². The predicted molar refractivity (Wildman–Crippen MR) is 106 cm³/mol. The minimum absolute atomic E-state index is 0.0656. The molecule has 0 aliphatic carbocycles. The van der Waals surface area contributed by atoms with Gasteiger partial charge in [0.25, 0.3) is 5.91 Å². The highest BCUT2D eigenvalue weighted by Gasteiger charge is 2.57. The summed E-state index contributed by atoms with van der Waals surface area (Å²) in [5.74, 6) is -2.55. The first-order chi connectivity index (χ1) is 14.8. The lowest BCUT2D eigenvalue weighted by Crippen LogP contribution is -2.69. The largest absolute Gasteiger partial charge is 0.465 e. The van der Waals surface area contributed by atoms with Crippen LogP contribution >= 0.6 is 0 Å². The first kappa shape index (κ1) is 22.6. The third-order valence-corrected chi connectivity index (χ3v) is 6.40. The third-order valence-electron chi connectivity index (χ3n) is 4.77.